The molecule has 0 unspecified atom stereocenters. The van der Waals surface area contributed by atoms with E-state index in [0.717, 1.165) is 18.2 Å². The lowest BCUT2D eigenvalue weighted by atomic mass is 10.1. The molecule has 9 heteroatoms. The molecule has 0 aliphatic rings. The van der Waals surface area contributed by atoms with Crippen molar-refractivity contribution in [2.45, 2.75) is 13.1 Å². The molecule has 0 aliphatic carbocycles. The minimum Gasteiger partial charge on any atom is -0.457 e. The van der Waals surface area contributed by atoms with Crippen molar-refractivity contribution < 1.29 is 35.9 Å². The molecule has 1 amide bonds. The van der Waals surface area contributed by atoms with Crippen LogP contribution in [0.15, 0.2) is 54.6 Å². The van der Waals surface area contributed by atoms with Gasteiger partial charge in [-0.15, -0.1) is 0 Å². The van der Waals surface area contributed by atoms with Crippen molar-refractivity contribution in [1.29, 1.82) is 0 Å². The largest absolute Gasteiger partial charge is 0.457 e. The fourth-order valence-electron chi connectivity index (χ4n) is 2.67. The first-order chi connectivity index (χ1) is 14.1. The molecule has 0 spiro atoms. The summed E-state index contributed by atoms with van der Waals surface area (Å²) in [5.41, 5.74) is -1.35. The maximum Gasteiger partial charge on any atom is 0.420 e. The van der Waals surface area contributed by atoms with Gasteiger partial charge in [0.2, 0.25) is 0 Å². The molecule has 3 aromatic carbocycles. The number of ether oxygens (including phenoxy) is 1. The fraction of sp³-hybridized carbons (Fsp3) is 0.0952. The van der Waals surface area contributed by atoms with Gasteiger partial charge in [0.15, 0.2) is 11.6 Å². The van der Waals surface area contributed by atoms with Crippen LogP contribution in [0.1, 0.15) is 21.5 Å². The summed E-state index contributed by atoms with van der Waals surface area (Å²) >= 11 is 0. The van der Waals surface area contributed by atoms with E-state index in [1.54, 1.807) is 0 Å². The SMILES string of the molecule is Cc1ccc(F)c(F)c1C(=O)Nc1ccc(Oc2ccc(F)cc2C(F)(F)F)cc1. The van der Waals surface area contributed by atoms with E-state index in [2.05, 4.69) is 5.32 Å². The van der Waals surface area contributed by atoms with Gasteiger partial charge in [-0.1, -0.05) is 6.07 Å². The molecule has 0 fully saturated rings. The molecule has 0 saturated carbocycles. The fourth-order valence-corrected chi connectivity index (χ4v) is 2.67. The van der Waals surface area contributed by atoms with Gasteiger partial charge >= 0.3 is 6.18 Å². The second-order valence-electron chi connectivity index (χ2n) is 6.27. The number of hydrogen-bond donors (Lipinski definition) is 1. The molecule has 0 aliphatic heterocycles. The van der Waals surface area contributed by atoms with Crippen molar-refractivity contribution in [3.8, 4) is 11.5 Å². The number of rotatable bonds is 4. The molecular formula is C21H13F6NO2. The second-order valence-corrected chi connectivity index (χ2v) is 6.27. The van der Waals surface area contributed by atoms with E-state index in [1.165, 1.54) is 37.3 Å². The molecule has 1 N–H and O–H groups in total. The zero-order valence-electron chi connectivity index (χ0n) is 15.3. The average Bonchev–Trinajstić information content (AvgIpc) is 2.67. The van der Waals surface area contributed by atoms with Gasteiger partial charge in [0.1, 0.15) is 22.9 Å². The van der Waals surface area contributed by atoms with Crippen LogP contribution in [-0.4, -0.2) is 5.91 Å². The van der Waals surface area contributed by atoms with Crippen LogP contribution in [-0.2, 0) is 6.18 Å². The molecule has 0 bridgehead atoms. The molecule has 3 rings (SSSR count). The van der Waals surface area contributed by atoms with Crippen molar-refractivity contribution >= 4 is 11.6 Å². The van der Waals surface area contributed by atoms with Gasteiger partial charge in [-0.2, -0.15) is 13.2 Å². The quantitative estimate of drug-likeness (QED) is 0.486. The Kier molecular flexibility index (Phi) is 5.73. The lowest BCUT2D eigenvalue weighted by Gasteiger charge is -2.14. The third-order valence-electron chi connectivity index (χ3n) is 4.12. The normalized spacial score (nSPS) is 11.3. The highest BCUT2D eigenvalue weighted by Crippen LogP contribution is 2.38. The van der Waals surface area contributed by atoms with Gasteiger partial charge in [0.25, 0.3) is 5.91 Å². The summed E-state index contributed by atoms with van der Waals surface area (Å²) in [4.78, 5) is 12.3. The first-order valence-electron chi connectivity index (χ1n) is 8.47. The number of halogens is 6. The number of nitrogens with one attached hydrogen (secondary N) is 1. The van der Waals surface area contributed by atoms with Crippen molar-refractivity contribution in [1.82, 2.24) is 0 Å². The van der Waals surface area contributed by atoms with E-state index < -0.39 is 46.4 Å². The van der Waals surface area contributed by atoms with E-state index >= 15 is 0 Å². The summed E-state index contributed by atoms with van der Waals surface area (Å²) in [7, 11) is 0. The molecule has 0 atom stereocenters. The Morgan fingerprint density at radius 2 is 1.60 bits per heavy atom. The maximum atomic E-state index is 13.9. The van der Waals surface area contributed by atoms with Gasteiger partial charge in [-0.3, -0.25) is 4.79 Å². The minimum atomic E-state index is -4.82. The van der Waals surface area contributed by atoms with Crippen LogP contribution >= 0.6 is 0 Å². The Balaban J connectivity index is 1.79. The highest BCUT2D eigenvalue weighted by Gasteiger charge is 2.35. The maximum absolute atomic E-state index is 13.9. The number of amides is 1. The number of benzene rings is 3. The summed E-state index contributed by atoms with van der Waals surface area (Å²) in [5.74, 6) is -5.03. The van der Waals surface area contributed by atoms with Crippen LogP contribution in [0.4, 0.5) is 32.0 Å². The van der Waals surface area contributed by atoms with Crippen LogP contribution in [0.2, 0.25) is 0 Å². The number of alkyl halides is 3. The number of carbonyl (C=O) groups excluding carboxylic acids is 1. The number of anilines is 1. The predicted molar refractivity (Wildman–Crippen MR) is 97.0 cm³/mol. The molecule has 30 heavy (non-hydrogen) atoms. The van der Waals surface area contributed by atoms with Gasteiger partial charge in [-0.05, 0) is 61.0 Å². The number of hydrogen-bond acceptors (Lipinski definition) is 2. The minimum absolute atomic E-state index is 0.0155. The van der Waals surface area contributed by atoms with Crippen molar-refractivity contribution in [2.24, 2.45) is 0 Å². The third kappa shape index (κ3) is 4.56. The Labute approximate surface area is 166 Å². The van der Waals surface area contributed by atoms with Gasteiger partial charge in [-0.25, -0.2) is 13.2 Å². The van der Waals surface area contributed by atoms with E-state index in [-0.39, 0.29) is 17.0 Å². The molecule has 0 heterocycles. The summed E-state index contributed by atoms with van der Waals surface area (Å²) in [5, 5.41) is 2.37. The van der Waals surface area contributed by atoms with Crippen LogP contribution in [0.25, 0.3) is 0 Å². The van der Waals surface area contributed by atoms with E-state index in [9.17, 15) is 31.1 Å². The van der Waals surface area contributed by atoms with Gasteiger partial charge < -0.3 is 10.1 Å². The molecule has 3 aromatic rings. The number of aryl methyl sites for hydroxylation is 1. The lowest BCUT2D eigenvalue weighted by molar-refractivity contribution is -0.138. The number of carbonyl (C=O) groups is 1. The first-order valence-corrected chi connectivity index (χ1v) is 8.47. The Morgan fingerprint density at radius 1 is 0.933 bits per heavy atom. The Bertz CT molecular complexity index is 1090. The van der Waals surface area contributed by atoms with Gasteiger partial charge in [0.05, 0.1) is 5.56 Å². The topological polar surface area (TPSA) is 38.3 Å². The highest BCUT2D eigenvalue weighted by molar-refractivity contribution is 6.05. The van der Waals surface area contributed by atoms with E-state index in [1.807, 2.05) is 0 Å². The average molecular weight is 425 g/mol. The predicted octanol–water partition coefficient (Wildman–Crippen LogP) is 6.48. The molecule has 0 radical (unpaired) electrons. The molecule has 0 aromatic heterocycles. The zero-order valence-corrected chi connectivity index (χ0v) is 15.3. The smallest absolute Gasteiger partial charge is 0.420 e. The van der Waals surface area contributed by atoms with Crippen molar-refractivity contribution in [3.63, 3.8) is 0 Å². The zero-order chi connectivity index (χ0) is 22.1. The Hall–Kier alpha value is -3.49. The lowest BCUT2D eigenvalue weighted by Crippen LogP contribution is -2.16. The van der Waals surface area contributed by atoms with Crippen molar-refractivity contribution in [3.05, 3.63) is 88.7 Å². The summed E-state index contributed by atoms with van der Waals surface area (Å²) in [6.07, 6.45) is -4.82. The van der Waals surface area contributed by atoms with Crippen LogP contribution in [0.3, 0.4) is 0 Å². The first kappa shape index (κ1) is 21.2. The van der Waals surface area contributed by atoms with Crippen LogP contribution < -0.4 is 10.1 Å². The molecular weight excluding hydrogens is 412 g/mol. The van der Waals surface area contributed by atoms with Crippen molar-refractivity contribution in [2.75, 3.05) is 5.32 Å². The monoisotopic (exact) mass is 425 g/mol. The van der Waals surface area contributed by atoms with E-state index in [0.29, 0.717) is 6.07 Å². The summed E-state index contributed by atoms with van der Waals surface area (Å²) in [6, 6.07) is 9.27. The Morgan fingerprint density at radius 3 is 2.23 bits per heavy atom. The molecule has 3 nitrogen and oxygen atoms in total. The third-order valence-corrected chi connectivity index (χ3v) is 4.12. The van der Waals surface area contributed by atoms with Crippen LogP contribution in [0.5, 0.6) is 11.5 Å². The molecule has 0 saturated heterocycles. The summed E-state index contributed by atoms with van der Waals surface area (Å²) in [6.45, 7) is 1.44. The second kappa shape index (κ2) is 8.10. The van der Waals surface area contributed by atoms with E-state index in [4.69, 9.17) is 4.74 Å². The van der Waals surface area contributed by atoms with Gasteiger partial charge in [0, 0.05) is 5.69 Å². The highest BCUT2D eigenvalue weighted by atomic mass is 19.4. The standard InChI is InChI=1S/C21H13F6NO2/c1-11-2-8-16(23)19(24)18(11)20(29)28-13-4-6-14(7-5-13)30-17-9-3-12(22)10-15(17)21(25,26)27/h2-10H,1H3,(H,28,29). The van der Waals surface area contributed by atoms with Crippen LogP contribution in [0, 0.1) is 24.4 Å². The molecule has 156 valence electrons. The summed E-state index contributed by atoms with van der Waals surface area (Å²) < 4.78 is 84.8.